The number of carbonyl (C=O) groups is 1. The number of benzene rings is 1. The molecule has 2 N–H and O–H groups in total. The van der Waals surface area contributed by atoms with Crippen LogP contribution in [0.5, 0.6) is 0 Å². The average molecular weight is 579 g/mol. The lowest BCUT2D eigenvalue weighted by atomic mass is 9.84. The van der Waals surface area contributed by atoms with Gasteiger partial charge in [0.1, 0.15) is 15.2 Å². The van der Waals surface area contributed by atoms with Crippen LogP contribution in [0.2, 0.25) is 0 Å². The Hall–Kier alpha value is -1.74. The summed E-state index contributed by atoms with van der Waals surface area (Å²) in [4.78, 5) is 20.1. The number of aliphatic hydroxyl groups excluding tert-OH is 1. The number of piperidine rings is 1. The number of unbranched alkanes of at least 4 members (excludes halogenated alkanes) is 3. The summed E-state index contributed by atoms with van der Waals surface area (Å²) in [5.74, 6) is 0.937. The number of nitrogens with zero attached hydrogens (tertiary/aromatic N) is 3. The van der Waals surface area contributed by atoms with Gasteiger partial charge in [0.05, 0.1) is 6.61 Å². The van der Waals surface area contributed by atoms with E-state index in [9.17, 15) is 9.90 Å². The highest BCUT2D eigenvalue weighted by Gasteiger charge is 2.31. The fourth-order valence-corrected chi connectivity index (χ4v) is 5.72. The van der Waals surface area contributed by atoms with Gasteiger partial charge in [0.15, 0.2) is 0 Å². The van der Waals surface area contributed by atoms with Crippen LogP contribution in [0.25, 0.3) is 11.4 Å². The molecule has 3 rings (SSSR count). The first kappa shape index (κ1) is 26.9. The van der Waals surface area contributed by atoms with Gasteiger partial charge in [-0.25, -0.2) is 4.98 Å². The van der Waals surface area contributed by atoms with E-state index in [2.05, 4.69) is 53.8 Å². The lowest BCUT2D eigenvalue weighted by molar-refractivity contribution is 0.0697. The first-order valence-electron chi connectivity index (χ1n) is 12.7. The fourth-order valence-electron chi connectivity index (χ4n) is 4.90. The van der Waals surface area contributed by atoms with Crippen molar-refractivity contribution in [3.8, 4) is 11.4 Å². The molecule has 1 saturated heterocycles. The second kappa shape index (κ2) is 12.8. The zero-order chi connectivity index (χ0) is 24.7. The van der Waals surface area contributed by atoms with Gasteiger partial charge in [0.25, 0.3) is 5.91 Å². The summed E-state index contributed by atoms with van der Waals surface area (Å²) in [6, 6.07) is 8.55. The molecule has 0 saturated carbocycles. The third kappa shape index (κ3) is 6.27. The molecule has 1 fully saturated rings. The van der Waals surface area contributed by atoms with E-state index in [1.54, 1.807) is 0 Å². The summed E-state index contributed by atoms with van der Waals surface area (Å²) in [7, 11) is 1.93. The quantitative estimate of drug-likeness (QED) is 0.204. The molecule has 7 heteroatoms. The summed E-state index contributed by atoms with van der Waals surface area (Å²) in [6.45, 7) is 5.55. The molecule has 2 aromatic rings. The summed E-state index contributed by atoms with van der Waals surface area (Å²) in [6.07, 6.45) is 8.39. The minimum atomic E-state index is -0.0600. The molecule has 1 aromatic heterocycles. The van der Waals surface area contributed by atoms with Crippen LogP contribution in [0.3, 0.4) is 0 Å². The van der Waals surface area contributed by atoms with Gasteiger partial charge in [-0.2, -0.15) is 0 Å². The highest BCUT2D eigenvalue weighted by molar-refractivity contribution is 14.1. The van der Waals surface area contributed by atoms with Crippen molar-refractivity contribution in [3.63, 3.8) is 0 Å². The number of likely N-dealkylation sites (tertiary alicyclic amines) is 1. The number of halogens is 1. The minimum absolute atomic E-state index is 0.0144. The monoisotopic (exact) mass is 578 g/mol. The Balaban J connectivity index is 1.70. The van der Waals surface area contributed by atoms with Crippen molar-refractivity contribution in [2.45, 2.75) is 65.2 Å². The molecule has 2 heterocycles. The molecular weight excluding hydrogens is 539 g/mol. The van der Waals surface area contributed by atoms with Gasteiger partial charge in [-0.1, -0.05) is 51.3 Å². The molecule has 1 aliphatic heterocycles. The van der Waals surface area contributed by atoms with E-state index in [1.165, 1.54) is 31.2 Å². The molecule has 1 aromatic carbocycles. The molecule has 0 bridgehead atoms. The predicted octanol–water partition coefficient (Wildman–Crippen LogP) is 5.70. The molecule has 1 atom stereocenters. The van der Waals surface area contributed by atoms with Gasteiger partial charge in [0, 0.05) is 43.2 Å². The van der Waals surface area contributed by atoms with Gasteiger partial charge >= 0.3 is 0 Å². The summed E-state index contributed by atoms with van der Waals surface area (Å²) in [5.41, 5.74) is 3.65. The maximum absolute atomic E-state index is 13.4. The Morgan fingerprint density at radius 2 is 1.97 bits per heavy atom. The fraction of sp³-hybridized carbons (Fsp3) is 0.593. The normalized spacial score (nSPS) is 15.5. The summed E-state index contributed by atoms with van der Waals surface area (Å²) >= 11 is 2.18. The van der Waals surface area contributed by atoms with Crippen molar-refractivity contribution in [1.82, 2.24) is 14.5 Å². The Morgan fingerprint density at radius 3 is 2.62 bits per heavy atom. The maximum Gasteiger partial charge on any atom is 0.273 e. The minimum Gasteiger partial charge on any atom is -0.396 e. The van der Waals surface area contributed by atoms with E-state index in [4.69, 9.17) is 10.4 Å². The van der Waals surface area contributed by atoms with Crippen LogP contribution in [-0.4, -0.2) is 50.9 Å². The smallest absolute Gasteiger partial charge is 0.273 e. The molecule has 0 spiro atoms. The molecule has 1 aliphatic rings. The maximum atomic E-state index is 13.4. The number of nitrogens with one attached hydrogen (secondary N) is 1. The number of rotatable bonds is 11. The van der Waals surface area contributed by atoms with Crippen molar-refractivity contribution in [2.75, 3.05) is 19.7 Å². The third-order valence-electron chi connectivity index (χ3n) is 7.13. The number of aliphatic hydroxyl groups is 1. The van der Waals surface area contributed by atoms with Crippen molar-refractivity contribution < 1.29 is 9.90 Å². The highest BCUT2D eigenvalue weighted by atomic mass is 127. The van der Waals surface area contributed by atoms with Crippen LogP contribution < -0.4 is 0 Å². The van der Waals surface area contributed by atoms with E-state index < -0.39 is 0 Å². The lowest BCUT2D eigenvalue weighted by Crippen LogP contribution is -2.42. The average Bonchev–Trinajstić information content (AvgIpc) is 3.16. The Kier molecular flexibility index (Phi) is 10.1. The standard InChI is InChI=1S/C27H39IN4O2/c1-4-6-7-8-10-19-11-9-12-22(17-19)26-30-25(28)24(31(26)3)27(34)32-15-13-21(14-16-32)23(29)20(5-2)18-33/h9,11-12,17,20-21,29,33H,4-8,10,13-16,18H2,1-3H3. The molecule has 6 nitrogen and oxygen atoms in total. The summed E-state index contributed by atoms with van der Waals surface area (Å²) in [5, 5.41) is 18.0. The van der Waals surface area contributed by atoms with Crippen molar-refractivity contribution in [1.29, 1.82) is 5.41 Å². The van der Waals surface area contributed by atoms with Crippen molar-refractivity contribution in [2.24, 2.45) is 18.9 Å². The van der Waals surface area contributed by atoms with Crippen LogP contribution in [0.4, 0.5) is 0 Å². The second-order valence-corrected chi connectivity index (χ2v) is 10.5. The van der Waals surface area contributed by atoms with Crippen LogP contribution in [0.15, 0.2) is 24.3 Å². The largest absolute Gasteiger partial charge is 0.396 e. The van der Waals surface area contributed by atoms with Gasteiger partial charge in [0.2, 0.25) is 0 Å². The Bertz CT molecular complexity index is 975. The van der Waals surface area contributed by atoms with E-state index >= 15 is 0 Å². The molecule has 34 heavy (non-hydrogen) atoms. The van der Waals surface area contributed by atoms with Crippen LogP contribution in [0, 0.1) is 20.9 Å². The molecule has 0 aliphatic carbocycles. The van der Waals surface area contributed by atoms with E-state index in [0.717, 1.165) is 40.8 Å². The third-order valence-corrected chi connectivity index (χ3v) is 7.89. The molecule has 0 radical (unpaired) electrons. The highest BCUT2D eigenvalue weighted by Crippen LogP contribution is 2.28. The number of imidazole rings is 1. The zero-order valence-electron chi connectivity index (χ0n) is 20.8. The Morgan fingerprint density at radius 1 is 1.24 bits per heavy atom. The molecule has 1 amide bonds. The van der Waals surface area contributed by atoms with Gasteiger partial charge in [-0.3, -0.25) is 4.79 Å². The number of aromatic nitrogens is 2. The van der Waals surface area contributed by atoms with Crippen LogP contribution >= 0.6 is 22.6 Å². The summed E-state index contributed by atoms with van der Waals surface area (Å²) < 4.78 is 2.67. The first-order chi connectivity index (χ1) is 16.4. The molecule has 186 valence electrons. The lowest BCUT2D eigenvalue weighted by Gasteiger charge is -2.34. The van der Waals surface area contributed by atoms with Crippen LogP contribution in [-0.2, 0) is 13.5 Å². The van der Waals surface area contributed by atoms with E-state index in [0.29, 0.717) is 24.5 Å². The first-order valence-corrected chi connectivity index (χ1v) is 13.8. The number of hydrogen-bond donors (Lipinski definition) is 2. The van der Waals surface area contributed by atoms with Crippen molar-refractivity contribution >= 4 is 34.2 Å². The van der Waals surface area contributed by atoms with Crippen LogP contribution in [0.1, 0.15) is 74.8 Å². The number of hydrogen-bond acceptors (Lipinski definition) is 4. The molecular formula is C27H39IN4O2. The van der Waals surface area contributed by atoms with Crippen molar-refractivity contribution in [3.05, 3.63) is 39.2 Å². The topological polar surface area (TPSA) is 82.2 Å². The number of carbonyl (C=O) groups excluding carboxylic acids is 1. The van der Waals surface area contributed by atoms with Gasteiger partial charge in [-0.15, -0.1) is 0 Å². The van der Waals surface area contributed by atoms with Gasteiger partial charge < -0.3 is 20.0 Å². The SMILES string of the molecule is CCCCCCc1cccc(-c2nc(I)c(C(=O)N3CCC(C(=N)C(CC)CO)CC3)n2C)c1. The number of aryl methyl sites for hydroxylation is 1. The predicted molar refractivity (Wildman–Crippen MR) is 146 cm³/mol. The van der Waals surface area contributed by atoms with E-state index in [-0.39, 0.29) is 24.3 Å². The Labute approximate surface area is 217 Å². The van der Waals surface area contributed by atoms with E-state index in [1.807, 2.05) is 23.4 Å². The molecule has 1 unspecified atom stereocenters. The zero-order valence-corrected chi connectivity index (χ0v) is 23.0. The second-order valence-electron chi connectivity index (χ2n) is 9.45. The number of amides is 1. The van der Waals surface area contributed by atoms with Gasteiger partial charge in [-0.05, 0) is 66.3 Å².